The fourth-order valence-corrected chi connectivity index (χ4v) is 1.76. The van der Waals surface area contributed by atoms with Crippen molar-refractivity contribution in [2.75, 3.05) is 23.7 Å². The minimum Gasteiger partial charge on any atom is -0.398 e. The Hall–Kier alpha value is -2.22. The average molecular weight is 260 g/mol. The summed E-state index contributed by atoms with van der Waals surface area (Å²) in [5.41, 5.74) is 7.40. The van der Waals surface area contributed by atoms with E-state index in [0.29, 0.717) is 17.8 Å². The molecule has 0 saturated carbocycles. The van der Waals surface area contributed by atoms with E-state index in [-0.39, 0.29) is 18.5 Å². The molecular formula is C14H20N4O. The van der Waals surface area contributed by atoms with Crippen molar-refractivity contribution in [2.24, 2.45) is 0 Å². The van der Waals surface area contributed by atoms with E-state index in [1.54, 1.807) is 12.1 Å². The van der Waals surface area contributed by atoms with Crippen LogP contribution >= 0.6 is 0 Å². The van der Waals surface area contributed by atoms with E-state index < -0.39 is 0 Å². The maximum Gasteiger partial charge on any atom is 0.239 e. The van der Waals surface area contributed by atoms with Crippen molar-refractivity contribution in [3.63, 3.8) is 0 Å². The highest BCUT2D eigenvalue weighted by Crippen LogP contribution is 2.20. The molecule has 0 aliphatic heterocycles. The second kappa shape index (κ2) is 6.64. The maximum absolute atomic E-state index is 11.8. The van der Waals surface area contributed by atoms with Gasteiger partial charge in [0.05, 0.1) is 12.1 Å². The molecule has 5 nitrogen and oxygen atoms in total. The lowest BCUT2D eigenvalue weighted by Gasteiger charge is -2.23. The van der Waals surface area contributed by atoms with Gasteiger partial charge >= 0.3 is 0 Å². The molecular weight excluding hydrogens is 240 g/mol. The summed E-state index contributed by atoms with van der Waals surface area (Å²) in [7, 11) is 0. The van der Waals surface area contributed by atoms with Gasteiger partial charge in [0.25, 0.3) is 0 Å². The number of benzene rings is 1. The van der Waals surface area contributed by atoms with Crippen molar-refractivity contribution in [3.05, 3.63) is 23.8 Å². The van der Waals surface area contributed by atoms with Gasteiger partial charge in [-0.25, -0.2) is 0 Å². The smallest absolute Gasteiger partial charge is 0.239 e. The lowest BCUT2D eigenvalue weighted by atomic mass is 10.1. The molecule has 19 heavy (non-hydrogen) atoms. The van der Waals surface area contributed by atoms with Gasteiger partial charge in [0.1, 0.15) is 6.07 Å². The Balaban J connectivity index is 2.86. The zero-order valence-corrected chi connectivity index (χ0v) is 11.6. The number of hydrogen-bond donors (Lipinski definition) is 2. The monoisotopic (exact) mass is 260 g/mol. The SMILES string of the molecule is CCN(CC(=O)NC(C)C)c1ccc(N)c(C#N)c1. The summed E-state index contributed by atoms with van der Waals surface area (Å²) < 4.78 is 0. The van der Waals surface area contributed by atoms with E-state index in [1.807, 2.05) is 37.8 Å². The Bertz CT molecular complexity index is 491. The average Bonchev–Trinajstić information content (AvgIpc) is 2.36. The van der Waals surface area contributed by atoms with Crippen LogP contribution in [0.4, 0.5) is 11.4 Å². The van der Waals surface area contributed by atoms with Gasteiger partial charge in [0.2, 0.25) is 5.91 Å². The molecule has 0 atom stereocenters. The first-order chi connectivity index (χ1) is 8.97. The molecule has 0 heterocycles. The summed E-state index contributed by atoms with van der Waals surface area (Å²) in [5, 5.41) is 11.8. The van der Waals surface area contributed by atoms with E-state index in [0.717, 1.165) is 5.69 Å². The van der Waals surface area contributed by atoms with Crippen LogP contribution in [0.25, 0.3) is 0 Å². The second-order valence-electron chi connectivity index (χ2n) is 4.62. The highest BCUT2D eigenvalue weighted by molar-refractivity contribution is 5.81. The molecule has 0 aliphatic carbocycles. The minimum absolute atomic E-state index is 0.0350. The zero-order chi connectivity index (χ0) is 14.4. The van der Waals surface area contributed by atoms with Crippen LogP contribution in [0.2, 0.25) is 0 Å². The van der Waals surface area contributed by atoms with Gasteiger partial charge in [-0.3, -0.25) is 4.79 Å². The number of anilines is 2. The summed E-state index contributed by atoms with van der Waals surface area (Å²) in [6.07, 6.45) is 0. The molecule has 0 aromatic heterocycles. The van der Waals surface area contributed by atoms with Crippen molar-refractivity contribution < 1.29 is 4.79 Å². The highest BCUT2D eigenvalue weighted by Gasteiger charge is 2.12. The van der Waals surface area contributed by atoms with E-state index in [9.17, 15) is 4.79 Å². The Kier molecular flexibility index (Phi) is 5.19. The van der Waals surface area contributed by atoms with Gasteiger partial charge in [-0.2, -0.15) is 5.26 Å². The maximum atomic E-state index is 11.8. The minimum atomic E-state index is -0.0350. The molecule has 0 radical (unpaired) electrons. The van der Waals surface area contributed by atoms with Crippen LogP contribution in [0, 0.1) is 11.3 Å². The van der Waals surface area contributed by atoms with Gasteiger partial charge in [-0.05, 0) is 39.0 Å². The number of nitrogens with zero attached hydrogens (tertiary/aromatic N) is 2. The van der Waals surface area contributed by atoms with Crippen molar-refractivity contribution in [1.82, 2.24) is 5.32 Å². The molecule has 0 saturated heterocycles. The van der Waals surface area contributed by atoms with Gasteiger partial charge in [0.15, 0.2) is 0 Å². The predicted octanol–water partition coefficient (Wildman–Crippen LogP) is 1.49. The van der Waals surface area contributed by atoms with Gasteiger partial charge in [0, 0.05) is 24.0 Å². The first-order valence-electron chi connectivity index (χ1n) is 6.31. The van der Waals surface area contributed by atoms with E-state index >= 15 is 0 Å². The van der Waals surface area contributed by atoms with Crippen molar-refractivity contribution in [3.8, 4) is 6.07 Å². The molecule has 1 rings (SSSR count). The lowest BCUT2D eigenvalue weighted by molar-refractivity contribution is -0.120. The first kappa shape index (κ1) is 14.8. The molecule has 1 aromatic rings. The third-order valence-electron chi connectivity index (χ3n) is 2.69. The summed E-state index contributed by atoms with van der Waals surface area (Å²) in [6.45, 7) is 6.76. The van der Waals surface area contributed by atoms with Gasteiger partial charge < -0.3 is 16.0 Å². The predicted molar refractivity (Wildman–Crippen MR) is 76.7 cm³/mol. The number of carbonyl (C=O) groups excluding carboxylic acids is 1. The van der Waals surface area contributed by atoms with Crippen LogP contribution in [-0.2, 0) is 4.79 Å². The molecule has 1 aromatic carbocycles. The van der Waals surface area contributed by atoms with Crippen molar-refractivity contribution in [2.45, 2.75) is 26.8 Å². The number of amides is 1. The van der Waals surface area contributed by atoms with Crippen LogP contribution in [0.15, 0.2) is 18.2 Å². The number of hydrogen-bond acceptors (Lipinski definition) is 4. The van der Waals surface area contributed by atoms with Crippen LogP contribution in [-0.4, -0.2) is 25.0 Å². The quantitative estimate of drug-likeness (QED) is 0.786. The number of nitrogens with two attached hydrogens (primary N) is 1. The molecule has 0 fully saturated rings. The second-order valence-corrected chi connectivity index (χ2v) is 4.62. The molecule has 3 N–H and O–H groups in total. The lowest BCUT2D eigenvalue weighted by Crippen LogP contribution is -2.40. The summed E-state index contributed by atoms with van der Waals surface area (Å²) in [6, 6.07) is 7.39. The molecule has 0 aliphatic rings. The molecule has 0 bridgehead atoms. The third kappa shape index (κ3) is 4.18. The number of carbonyl (C=O) groups is 1. The van der Waals surface area contributed by atoms with E-state index in [2.05, 4.69) is 5.32 Å². The number of nitrogen functional groups attached to an aromatic ring is 1. The van der Waals surface area contributed by atoms with Crippen LogP contribution < -0.4 is 16.0 Å². The molecule has 0 spiro atoms. The van der Waals surface area contributed by atoms with Crippen molar-refractivity contribution in [1.29, 1.82) is 5.26 Å². The van der Waals surface area contributed by atoms with Crippen LogP contribution in [0.1, 0.15) is 26.3 Å². The molecule has 102 valence electrons. The third-order valence-corrected chi connectivity index (χ3v) is 2.69. The Morgan fingerprint density at radius 1 is 1.53 bits per heavy atom. The topological polar surface area (TPSA) is 82.2 Å². The molecule has 5 heteroatoms. The number of rotatable bonds is 5. The van der Waals surface area contributed by atoms with Crippen molar-refractivity contribution >= 4 is 17.3 Å². The molecule has 0 unspecified atom stereocenters. The zero-order valence-electron chi connectivity index (χ0n) is 11.6. The number of nitrogens with one attached hydrogen (secondary N) is 1. The standard InChI is InChI=1S/C14H20N4O/c1-4-18(9-14(19)17-10(2)3)12-5-6-13(16)11(7-12)8-15/h5-7,10H,4,9,16H2,1-3H3,(H,17,19). The van der Waals surface area contributed by atoms with E-state index in [4.69, 9.17) is 11.0 Å². The Morgan fingerprint density at radius 2 is 2.21 bits per heavy atom. The van der Waals surface area contributed by atoms with Gasteiger partial charge in [-0.1, -0.05) is 0 Å². The number of likely N-dealkylation sites (N-methyl/N-ethyl adjacent to an activating group) is 1. The normalized spacial score (nSPS) is 10.1. The summed E-state index contributed by atoms with van der Waals surface area (Å²) in [4.78, 5) is 13.7. The fourth-order valence-electron chi connectivity index (χ4n) is 1.76. The van der Waals surface area contributed by atoms with Crippen LogP contribution in [0.5, 0.6) is 0 Å². The largest absolute Gasteiger partial charge is 0.398 e. The van der Waals surface area contributed by atoms with Gasteiger partial charge in [-0.15, -0.1) is 0 Å². The Morgan fingerprint density at radius 3 is 2.74 bits per heavy atom. The Labute approximate surface area is 114 Å². The first-order valence-corrected chi connectivity index (χ1v) is 6.31. The van der Waals surface area contributed by atoms with Crippen LogP contribution in [0.3, 0.4) is 0 Å². The molecule has 1 amide bonds. The summed E-state index contributed by atoms with van der Waals surface area (Å²) >= 11 is 0. The fraction of sp³-hybridized carbons (Fsp3) is 0.429. The highest BCUT2D eigenvalue weighted by atomic mass is 16.2. The van der Waals surface area contributed by atoms with E-state index in [1.165, 1.54) is 0 Å². The number of nitriles is 1. The summed E-state index contributed by atoms with van der Waals surface area (Å²) in [5.74, 6) is -0.0350.